The zero-order valence-electron chi connectivity index (χ0n) is 6.00. The van der Waals surface area contributed by atoms with Crippen LogP contribution in [0.3, 0.4) is 0 Å². The maximum Gasteiger partial charge on any atom is 0.0521 e. The predicted molar refractivity (Wildman–Crippen MR) is 42.7 cm³/mol. The molecule has 0 saturated heterocycles. The average molecular weight is 149 g/mol. The molecule has 3 N–H and O–H groups in total. The van der Waals surface area contributed by atoms with Crippen molar-refractivity contribution in [2.24, 2.45) is 5.73 Å². The van der Waals surface area contributed by atoms with Crippen molar-refractivity contribution >= 4 is 11.8 Å². The third-order valence-corrected chi connectivity index (χ3v) is 2.59. The van der Waals surface area contributed by atoms with Crippen molar-refractivity contribution in [2.45, 2.75) is 25.1 Å². The van der Waals surface area contributed by atoms with Crippen molar-refractivity contribution in [2.75, 3.05) is 12.4 Å². The van der Waals surface area contributed by atoms with Crippen molar-refractivity contribution < 1.29 is 5.11 Å². The molecule has 0 heterocycles. The highest BCUT2D eigenvalue weighted by molar-refractivity contribution is 7.99. The second-order valence-electron chi connectivity index (χ2n) is 2.16. The Morgan fingerprint density at radius 3 is 2.44 bits per heavy atom. The van der Waals surface area contributed by atoms with Gasteiger partial charge in [0.05, 0.1) is 6.61 Å². The molecule has 0 aromatic carbocycles. The topological polar surface area (TPSA) is 46.2 Å². The van der Waals surface area contributed by atoms with Crippen LogP contribution in [0.1, 0.15) is 13.8 Å². The van der Waals surface area contributed by atoms with Gasteiger partial charge in [-0.15, -0.1) is 0 Å². The third-order valence-electron chi connectivity index (χ3n) is 1.21. The fourth-order valence-electron chi connectivity index (χ4n) is 0.390. The first-order valence-electron chi connectivity index (χ1n) is 3.16. The van der Waals surface area contributed by atoms with Gasteiger partial charge >= 0.3 is 0 Å². The highest BCUT2D eigenvalue weighted by Gasteiger charge is 2.05. The fourth-order valence-corrected chi connectivity index (χ4v) is 1.17. The van der Waals surface area contributed by atoms with Crippen LogP contribution in [0, 0.1) is 0 Å². The van der Waals surface area contributed by atoms with E-state index >= 15 is 0 Å². The highest BCUT2D eigenvalue weighted by Crippen LogP contribution is 2.11. The number of hydrogen-bond acceptors (Lipinski definition) is 3. The summed E-state index contributed by atoms with van der Waals surface area (Å²) in [6, 6.07) is 0.224. The van der Waals surface area contributed by atoms with Gasteiger partial charge in [-0.25, -0.2) is 0 Å². The molecule has 0 aromatic rings. The molecule has 0 bridgehead atoms. The van der Waals surface area contributed by atoms with E-state index in [9.17, 15) is 0 Å². The Kier molecular flexibility index (Phi) is 5.24. The molecule has 3 heteroatoms. The number of thioether (sulfide) groups is 1. The molecule has 2 nitrogen and oxygen atoms in total. The molecule has 0 aliphatic rings. The van der Waals surface area contributed by atoms with Crippen molar-refractivity contribution in [1.82, 2.24) is 0 Å². The van der Waals surface area contributed by atoms with Gasteiger partial charge in [-0.3, -0.25) is 0 Å². The van der Waals surface area contributed by atoms with Crippen LogP contribution in [-0.2, 0) is 0 Å². The van der Waals surface area contributed by atoms with Crippen LogP contribution in [0.2, 0.25) is 0 Å². The number of aliphatic hydroxyl groups is 1. The van der Waals surface area contributed by atoms with E-state index in [2.05, 4.69) is 6.92 Å². The summed E-state index contributed by atoms with van der Waals surface area (Å²) in [4.78, 5) is 0. The Morgan fingerprint density at radius 1 is 1.56 bits per heavy atom. The summed E-state index contributed by atoms with van der Waals surface area (Å²) >= 11 is 1.71. The van der Waals surface area contributed by atoms with Crippen LogP contribution >= 0.6 is 11.8 Å². The van der Waals surface area contributed by atoms with E-state index in [0.717, 1.165) is 5.75 Å². The predicted octanol–water partition coefficient (Wildman–Crippen LogP) is 0.448. The molecule has 0 spiro atoms. The molecule has 9 heavy (non-hydrogen) atoms. The minimum absolute atomic E-state index is 0.224. The molecule has 0 saturated carbocycles. The lowest BCUT2D eigenvalue weighted by Gasteiger charge is -2.13. The van der Waals surface area contributed by atoms with E-state index in [4.69, 9.17) is 10.8 Å². The van der Waals surface area contributed by atoms with Crippen molar-refractivity contribution in [1.29, 1.82) is 0 Å². The van der Waals surface area contributed by atoms with Gasteiger partial charge in [-0.05, 0) is 6.92 Å². The van der Waals surface area contributed by atoms with Crippen LogP contribution in [-0.4, -0.2) is 28.8 Å². The molecule has 0 radical (unpaired) electrons. The zero-order valence-corrected chi connectivity index (χ0v) is 6.82. The van der Waals surface area contributed by atoms with E-state index in [1.807, 2.05) is 6.92 Å². The third kappa shape index (κ3) is 4.75. The summed E-state index contributed by atoms with van der Waals surface area (Å²) in [5.41, 5.74) is 5.57. The Morgan fingerprint density at radius 2 is 2.11 bits per heavy atom. The van der Waals surface area contributed by atoms with E-state index < -0.39 is 0 Å². The zero-order chi connectivity index (χ0) is 7.28. The molecule has 2 unspecified atom stereocenters. The summed E-state index contributed by atoms with van der Waals surface area (Å²) in [5.74, 6) is 0.794. The average Bonchev–Trinajstić information content (AvgIpc) is 1.82. The molecule has 0 aliphatic carbocycles. The lowest BCUT2D eigenvalue weighted by Crippen LogP contribution is -2.26. The lowest BCUT2D eigenvalue weighted by molar-refractivity contribution is 0.322. The van der Waals surface area contributed by atoms with E-state index in [0.29, 0.717) is 5.25 Å². The molecule has 0 fully saturated rings. The maximum absolute atomic E-state index is 8.44. The van der Waals surface area contributed by atoms with Gasteiger partial charge in [0.25, 0.3) is 0 Å². The molecule has 0 amide bonds. The monoisotopic (exact) mass is 149 g/mol. The van der Waals surface area contributed by atoms with E-state index in [1.54, 1.807) is 11.8 Å². The molecular weight excluding hydrogens is 134 g/mol. The minimum atomic E-state index is 0.224. The largest absolute Gasteiger partial charge is 0.396 e. The SMILES string of the molecule is CC(N)C(C)SCCO. The van der Waals surface area contributed by atoms with Crippen LogP contribution in [0.15, 0.2) is 0 Å². The summed E-state index contributed by atoms with van der Waals surface area (Å²) in [5, 5.41) is 8.89. The number of aliphatic hydroxyl groups excluding tert-OH is 1. The lowest BCUT2D eigenvalue weighted by atomic mass is 10.3. The highest BCUT2D eigenvalue weighted by atomic mass is 32.2. The Labute approximate surface area is 60.8 Å². The van der Waals surface area contributed by atoms with E-state index in [-0.39, 0.29) is 12.6 Å². The van der Waals surface area contributed by atoms with Gasteiger partial charge in [0, 0.05) is 17.0 Å². The smallest absolute Gasteiger partial charge is 0.0521 e. The van der Waals surface area contributed by atoms with Gasteiger partial charge in [-0.2, -0.15) is 11.8 Å². The van der Waals surface area contributed by atoms with Gasteiger partial charge in [-0.1, -0.05) is 6.92 Å². The Hall–Kier alpha value is 0.270. The van der Waals surface area contributed by atoms with Crippen molar-refractivity contribution in [3.63, 3.8) is 0 Å². The van der Waals surface area contributed by atoms with Gasteiger partial charge in [0.1, 0.15) is 0 Å². The van der Waals surface area contributed by atoms with Crippen LogP contribution in [0.25, 0.3) is 0 Å². The first-order chi connectivity index (χ1) is 4.18. The standard InChI is InChI=1S/C6H15NOS/c1-5(7)6(2)9-4-3-8/h5-6,8H,3-4,7H2,1-2H3. The summed E-state index contributed by atoms with van der Waals surface area (Å²) in [7, 11) is 0. The van der Waals surface area contributed by atoms with Gasteiger partial charge in [0.2, 0.25) is 0 Å². The molecule has 0 aromatic heterocycles. The minimum Gasteiger partial charge on any atom is -0.396 e. The second-order valence-corrected chi connectivity index (χ2v) is 3.64. The van der Waals surface area contributed by atoms with Crippen molar-refractivity contribution in [3.05, 3.63) is 0 Å². The van der Waals surface area contributed by atoms with Crippen LogP contribution in [0.4, 0.5) is 0 Å². The van der Waals surface area contributed by atoms with Gasteiger partial charge < -0.3 is 10.8 Å². The maximum atomic E-state index is 8.44. The molecule has 0 rings (SSSR count). The summed E-state index contributed by atoms with van der Waals surface area (Å²) < 4.78 is 0. The summed E-state index contributed by atoms with van der Waals surface area (Å²) in [6.45, 7) is 4.31. The molecule has 2 atom stereocenters. The first-order valence-corrected chi connectivity index (χ1v) is 4.21. The van der Waals surface area contributed by atoms with E-state index in [1.165, 1.54) is 0 Å². The normalized spacial score (nSPS) is 17.3. The second kappa shape index (κ2) is 5.09. The van der Waals surface area contributed by atoms with Crippen molar-refractivity contribution in [3.8, 4) is 0 Å². The number of nitrogens with two attached hydrogens (primary N) is 1. The molecule has 56 valence electrons. The van der Waals surface area contributed by atoms with Crippen LogP contribution < -0.4 is 5.73 Å². The van der Waals surface area contributed by atoms with Crippen LogP contribution in [0.5, 0.6) is 0 Å². The Bertz CT molecular complexity index is 68.1. The Balaban J connectivity index is 3.16. The first kappa shape index (κ1) is 9.27. The van der Waals surface area contributed by atoms with Gasteiger partial charge in [0.15, 0.2) is 0 Å². The fraction of sp³-hybridized carbons (Fsp3) is 1.00. The summed E-state index contributed by atoms with van der Waals surface area (Å²) in [6.07, 6.45) is 0. The number of hydrogen-bond donors (Lipinski definition) is 2. The quantitative estimate of drug-likeness (QED) is 0.610. The molecule has 0 aliphatic heterocycles. The molecular formula is C6H15NOS. The number of rotatable bonds is 4.